The molecule has 2 amide bonds. The van der Waals surface area contributed by atoms with E-state index in [2.05, 4.69) is 4.98 Å². The first-order valence-corrected chi connectivity index (χ1v) is 8.68. The molecular formula is C17H24N4O4. The zero-order chi connectivity index (χ0) is 18.2. The molecule has 1 spiro atoms. The van der Waals surface area contributed by atoms with E-state index in [1.807, 2.05) is 11.8 Å². The number of carbonyl (C=O) groups is 2. The molecular weight excluding hydrogens is 324 g/mol. The minimum absolute atomic E-state index is 0.00199. The molecule has 3 heterocycles. The second kappa shape index (κ2) is 6.50. The summed E-state index contributed by atoms with van der Waals surface area (Å²) in [6.07, 6.45) is 3.50. The van der Waals surface area contributed by atoms with Gasteiger partial charge in [-0.05, 0) is 19.8 Å². The predicted molar refractivity (Wildman–Crippen MR) is 91.1 cm³/mol. The van der Waals surface area contributed by atoms with E-state index in [-0.39, 0.29) is 23.7 Å². The summed E-state index contributed by atoms with van der Waals surface area (Å²) in [7, 11) is 1.39. The molecule has 8 heteroatoms. The van der Waals surface area contributed by atoms with Crippen molar-refractivity contribution in [3.63, 3.8) is 0 Å². The Bertz CT molecular complexity index is 802. The van der Waals surface area contributed by atoms with Gasteiger partial charge in [0.25, 0.3) is 5.56 Å². The van der Waals surface area contributed by atoms with Gasteiger partial charge in [0.2, 0.25) is 11.8 Å². The van der Waals surface area contributed by atoms with Crippen LogP contribution in [0.1, 0.15) is 31.7 Å². The molecule has 0 bridgehead atoms. The van der Waals surface area contributed by atoms with Gasteiger partial charge in [0.1, 0.15) is 0 Å². The molecule has 2 aliphatic rings. The first-order chi connectivity index (χ1) is 11.8. The maximum Gasteiger partial charge on any atom is 0.328 e. The molecule has 0 aliphatic carbocycles. The summed E-state index contributed by atoms with van der Waals surface area (Å²) in [4.78, 5) is 54.1. The van der Waals surface area contributed by atoms with Crippen LogP contribution >= 0.6 is 0 Å². The second-order valence-corrected chi connectivity index (χ2v) is 7.13. The monoisotopic (exact) mass is 348 g/mol. The Balaban J connectivity index is 1.63. The van der Waals surface area contributed by atoms with E-state index >= 15 is 0 Å². The minimum atomic E-state index is -0.493. The SMILES string of the molecule is CCN1CC2(CCN(C(=O)Cc3c[nH]c(=O)n(C)c3=O)CC2)CC1=O. The molecule has 136 valence electrons. The Kier molecular flexibility index (Phi) is 4.53. The Labute approximate surface area is 145 Å². The van der Waals surface area contributed by atoms with Crippen LogP contribution in [0.2, 0.25) is 0 Å². The highest BCUT2D eigenvalue weighted by molar-refractivity contribution is 5.80. The van der Waals surface area contributed by atoms with E-state index in [1.165, 1.54) is 13.2 Å². The molecule has 0 saturated carbocycles. The van der Waals surface area contributed by atoms with Crippen LogP contribution in [-0.4, -0.2) is 57.3 Å². The number of nitrogens with one attached hydrogen (secondary N) is 1. The van der Waals surface area contributed by atoms with Crippen molar-refractivity contribution in [3.05, 3.63) is 32.6 Å². The van der Waals surface area contributed by atoms with Crippen molar-refractivity contribution in [1.29, 1.82) is 0 Å². The molecule has 0 atom stereocenters. The van der Waals surface area contributed by atoms with Gasteiger partial charge >= 0.3 is 5.69 Å². The quantitative estimate of drug-likeness (QED) is 0.795. The van der Waals surface area contributed by atoms with Crippen LogP contribution in [0.15, 0.2) is 15.8 Å². The van der Waals surface area contributed by atoms with Crippen molar-refractivity contribution in [2.45, 2.75) is 32.6 Å². The maximum absolute atomic E-state index is 12.5. The van der Waals surface area contributed by atoms with E-state index in [0.717, 1.165) is 30.5 Å². The predicted octanol–water partition coefficient (Wildman–Crippen LogP) is -0.523. The number of H-pyrrole nitrogens is 1. The third-order valence-electron chi connectivity index (χ3n) is 5.56. The first kappa shape index (κ1) is 17.4. The van der Waals surface area contributed by atoms with E-state index < -0.39 is 11.2 Å². The molecule has 0 aromatic carbocycles. The maximum atomic E-state index is 12.5. The number of rotatable bonds is 3. The lowest BCUT2D eigenvalue weighted by atomic mass is 9.77. The number of piperidine rings is 1. The van der Waals surface area contributed by atoms with Crippen LogP contribution in [0.25, 0.3) is 0 Å². The van der Waals surface area contributed by atoms with Gasteiger partial charge in [0.15, 0.2) is 0 Å². The summed E-state index contributed by atoms with van der Waals surface area (Å²) in [5.41, 5.74) is -0.642. The van der Waals surface area contributed by atoms with Gasteiger partial charge in [-0.1, -0.05) is 0 Å². The fourth-order valence-electron chi connectivity index (χ4n) is 3.85. The molecule has 2 aliphatic heterocycles. The highest BCUT2D eigenvalue weighted by Gasteiger charge is 2.44. The molecule has 8 nitrogen and oxygen atoms in total. The fourth-order valence-corrected chi connectivity index (χ4v) is 3.85. The molecule has 3 rings (SSSR count). The first-order valence-electron chi connectivity index (χ1n) is 8.68. The normalized spacial score (nSPS) is 19.7. The lowest BCUT2D eigenvalue weighted by Crippen LogP contribution is -2.45. The van der Waals surface area contributed by atoms with Crippen LogP contribution in [-0.2, 0) is 23.1 Å². The van der Waals surface area contributed by atoms with Crippen molar-refractivity contribution in [3.8, 4) is 0 Å². The lowest BCUT2D eigenvalue weighted by Gasteiger charge is -2.38. The molecule has 2 saturated heterocycles. The molecule has 1 N–H and O–H groups in total. The van der Waals surface area contributed by atoms with Gasteiger partial charge in [-0.3, -0.25) is 19.0 Å². The molecule has 1 aromatic heterocycles. The van der Waals surface area contributed by atoms with E-state index in [0.29, 0.717) is 25.1 Å². The Morgan fingerprint density at radius 3 is 2.52 bits per heavy atom. The Hall–Kier alpha value is -2.38. The standard InChI is InChI=1S/C17H24N4O4/c1-3-20-11-17(9-14(20)23)4-6-21(7-5-17)13(22)8-12-10-18-16(25)19(2)15(12)24/h10H,3-9,11H2,1-2H3,(H,18,25). The zero-order valence-electron chi connectivity index (χ0n) is 14.7. The number of carbonyl (C=O) groups excluding carboxylic acids is 2. The number of aromatic nitrogens is 2. The Morgan fingerprint density at radius 1 is 1.24 bits per heavy atom. The number of amides is 2. The summed E-state index contributed by atoms with van der Waals surface area (Å²) in [5.74, 6) is 0.0923. The summed E-state index contributed by atoms with van der Waals surface area (Å²) >= 11 is 0. The van der Waals surface area contributed by atoms with Gasteiger partial charge in [-0.15, -0.1) is 0 Å². The molecule has 2 fully saturated rings. The number of nitrogens with zero attached hydrogens (tertiary/aromatic N) is 3. The summed E-state index contributed by atoms with van der Waals surface area (Å²) in [6, 6.07) is 0. The number of hydrogen-bond donors (Lipinski definition) is 1. The smallest absolute Gasteiger partial charge is 0.328 e. The van der Waals surface area contributed by atoms with Gasteiger partial charge in [0, 0.05) is 56.8 Å². The van der Waals surface area contributed by atoms with E-state index in [1.54, 1.807) is 4.90 Å². The van der Waals surface area contributed by atoms with E-state index in [4.69, 9.17) is 0 Å². The number of likely N-dealkylation sites (tertiary alicyclic amines) is 2. The van der Waals surface area contributed by atoms with Crippen molar-refractivity contribution in [2.24, 2.45) is 12.5 Å². The second-order valence-electron chi connectivity index (χ2n) is 7.13. The van der Waals surface area contributed by atoms with Crippen molar-refractivity contribution < 1.29 is 9.59 Å². The van der Waals surface area contributed by atoms with Crippen LogP contribution in [0.5, 0.6) is 0 Å². The topological polar surface area (TPSA) is 95.5 Å². The highest BCUT2D eigenvalue weighted by Crippen LogP contribution is 2.40. The minimum Gasteiger partial charge on any atom is -0.342 e. The summed E-state index contributed by atoms with van der Waals surface area (Å²) < 4.78 is 0.970. The van der Waals surface area contributed by atoms with Gasteiger partial charge < -0.3 is 14.8 Å². The van der Waals surface area contributed by atoms with Crippen molar-refractivity contribution in [1.82, 2.24) is 19.4 Å². The Morgan fingerprint density at radius 2 is 1.92 bits per heavy atom. The van der Waals surface area contributed by atoms with Gasteiger partial charge in [-0.2, -0.15) is 0 Å². The lowest BCUT2D eigenvalue weighted by molar-refractivity contribution is -0.132. The molecule has 25 heavy (non-hydrogen) atoms. The third kappa shape index (κ3) is 3.25. The fraction of sp³-hybridized carbons (Fsp3) is 0.647. The number of hydrogen-bond acceptors (Lipinski definition) is 4. The third-order valence-corrected chi connectivity index (χ3v) is 5.56. The van der Waals surface area contributed by atoms with Crippen molar-refractivity contribution >= 4 is 11.8 Å². The van der Waals surface area contributed by atoms with Crippen molar-refractivity contribution in [2.75, 3.05) is 26.2 Å². The largest absolute Gasteiger partial charge is 0.342 e. The van der Waals surface area contributed by atoms with Gasteiger partial charge in [0.05, 0.1) is 6.42 Å². The average Bonchev–Trinajstić information content (AvgIpc) is 2.91. The highest BCUT2D eigenvalue weighted by atomic mass is 16.2. The van der Waals surface area contributed by atoms with E-state index in [9.17, 15) is 19.2 Å². The summed E-state index contributed by atoms with van der Waals surface area (Å²) in [5, 5.41) is 0. The van der Waals surface area contributed by atoms with Gasteiger partial charge in [-0.25, -0.2) is 4.79 Å². The molecule has 0 radical (unpaired) electrons. The van der Waals surface area contributed by atoms with Crippen LogP contribution in [0, 0.1) is 5.41 Å². The molecule has 0 unspecified atom stereocenters. The molecule has 1 aromatic rings. The number of aromatic amines is 1. The van der Waals surface area contributed by atoms with Crippen LogP contribution < -0.4 is 11.2 Å². The average molecular weight is 348 g/mol. The zero-order valence-corrected chi connectivity index (χ0v) is 14.7. The summed E-state index contributed by atoms with van der Waals surface area (Å²) in [6.45, 7) is 4.71. The van der Waals surface area contributed by atoms with Crippen LogP contribution in [0.4, 0.5) is 0 Å². The van der Waals surface area contributed by atoms with Crippen LogP contribution in [0.3, 0.4) is 0 Å².